The Balaban J connectivity index is 2.85. The molecule has 0 bridgehead atoms. The van der Waals surface area contributed by atoms with E-state index in [9.17, 15) is 14.9 Å². The Kier molecular flexibility index (Phi) is 5.53. The number of hydrogen-bond acceptors (Lipinski definition) is 5. The summed E-state index contributed by atoms with van der Waals surface area (Å²) in [4.78, 5) is 21.4. The van der Waals surface area contributed by atoms with Crippen LogP contribution in [0.3, 0.4) is 0 Å². The molecule has 0 aromatic heterocycles. The Bertz CT molecular complexity index is 496. The molecule has 6 nitrogen and oxygen atoms in total. The zero-order valence-electron chi connectivity index (χ0n) is 10.8. The summed E-state index contributed by atoms with van der Waals surface area (Å²) in [6, 6.07) is 4.27. The summed E-state index contributed by atoms with van der Waals surface area (Å²) in [7, 11) is 1.48. The first-order valence-corrected chi connectivity index (χ1v) is 5.73. The van der Waals surface area contributed by atoms with E-state index in [2.05, 4.69) is 0 Å². The number of methoxy groups -OCH3 is 1. The number of benzene rings is 1. The fraction of sp³-hybridized carbons (Fsp3) is 0.308. The average Bonchev–Trinajstić information content (AvgIpc) is 2.38. The number of esters is 1. The SMILES string of the molecule is CCOC(=O)CC=Cc1cc([N+](=O)[O-])ccc1OC. The molecule has 1 aromatic carbocycles. The molecule has 0 N–H and O–H groups in total. The Labute approximate surface area is 110 Å². The first kappa shape index (κ1) is 14.7. The van der Waals surface area contributed by atoms with Crippen LogP contribution in [0, 0.1) is 10.1 Å². The predicted octanol–water partition coefficient (Wildman–Crippen LogP) is 2.57. The van der Waals surface area contributed by atoms with Gasteiger partial charge >= 0.3 is 5.97 Å². The second-order valence-corrected chi connectivity index (χ2v) is 3.59. The second kappa shape index (κ2) is 7.15. The van der Waals surface area contributed by atoms with Crippen LogP contribution in [0.5, 0.6) is 5.75 Å². The van der Waals surface area contributed by atoms with Crippen LogP contribution in [-0.4, -0.2) is 24.6 Å². The molecule has 0 aliphatic rings. The van der Waals surface area contributed by atoms with Crippen molar-refractivity contribution in [2.45, 2.75) is 13.3 Å². The topological polar surface area (TPSA) is 78.7 Å². The number of carbonyl (C=O) groups is 1. The number of carbonyl (C=O) groups excluding carboxylic acids is 1. The van der Waals surface area contributed by atoms with Crippen LogP contribution >= 0.6 is 0 Å². The number of ether oxygens (including phenoxy) is 2. The zero-order valence-corrected chi connectivity index (χ0v) is 10.8. The molecule has 19 heavy (non-hydrogen) atoms. The molecule has 102 valence electrons. The van der Waals surface area contributed by atoms with E-state index in [0.29, 0.717) is 17.9 Å². The van der Waals surface area contributed by atoms with Crippen molar-refractivity contribution in [1.29, 1.82) is 0 Å². The summed E-state index contributed by atoms with van der Waals surface area (Å²) in [6.45, 7) is 2.05. The highest BCUT2D eigenvalue weighted by Crippen LogP contribution is 2.25. The van der Waals surface area contributed by atoms with Gasteiger partial charge in [0.2, 0.25) is 0 Å². The lowest BCUT2D eigenvalue weighted by Crippen LogP contribution is -2.01. The highest BCUT2D eigenvalue weighted by molar-refractivity contribution is 5.73. The standard InChI is InChI=1S/C13H15NO5/c1-3-19-13(15)6-4-5-10-9-11(14(16)17)7-8-12(10)18-2/h4-5,7-9H,3,6H2,1-2H3. The van der Waals surface area contributed by atoms with E-state index in [1.807, 2.05) is 0 Å². The molecular formula is C13H15NO5. The fourth-order valence-electron chi connectivity index (χ4n) is 1.47. The third-order valence-corrected chi connectivity index (χ3v) is 2.31. The summed E-state index contributed by atoms with van der Waals surface area (Å²) < 4.78 is 9.86. The van der Waals surface area contributed by atoms with Crippen LogP contribution in [0.15, 0.2) is 24.3 Å². The van der Waals surface area contributed by atoms with Gasteiger partial charge in [0, 0.05) is 17.7 Å². The Morgan fingerprint density at radius 2 is 2.21 bits per heavy atom. The normalized spacial score (nSPS) is 10.4. The van der Waals surface area contributed by atoms with E-state index in [0.717, 1.165) is 0 Å². The van der Waals surface area contributed by atoms with E-state index in [4.69, 9.17) is 9.47 Å². The molecule has 0 saturated heterocycles. The molecule has 0 spiro atoms. The summed E-state index contributed by atoms with van der Waals surface area (Å²) >= 11 is 0. The van der Waals surface area contributed by atoms with Crippen molar-refractivity contribution < 1.29 is 19.2 Å². The van der Waals surface area contributed by atoms with Crippen LogP contribution in [0.1, 0.15) is 18.9 Å². The van der Waals surface area contributed by atoms with E-state index in [-0.39, 0.29) is 18.1 Å². The van der Waals surface area contributed by atoms with Crippen LogP contribution in [-0.2, 0) is 9.53 Å². The smallest absolute Gasteiger partial charge is 0.309 e. The van der Waals surface area contributed by atoms with Crippen molar-refractivity contribution in [1.82, 2.24) is 0 Å². The third kappa shape index (κ3) is 4.42. The summed E-state index contributed by atoms with van der Waals surface area (Å²) in [5, 5.41) is 10.7. The first-order valence-electron chi connectivity index (χ1n) is 5.73. The number of nitro groups is 1. The van der Waals surface area contributed by atoms with Crippen molar-refractivity contribution in [3.05, 3.63) is 40.0 Å². The highest BCUT2D eigenvalue weighted by atomic mass is 16.6. The van der Waals surface area contributed by atoms with E-state index in [1.165, 1.54) is 25.3 Å². The van der Waals surface area contributed by atoms with Gasteiger partial charge in [-0.2, -0.15) is 0 Å². The first-order chi connectivity index (χ1) is 9.08. The number of non-ortho nitro benzene ring substituents is 1. The van der Waals surface area contributed by atoms with Crippen molar-refractivity contribution in [3.63, 3.8) is 0 Å². The fourth-order valence-corrected chi connectivity index (χ4v) is 1.47. The average molecular weight is 265 g/mol. The van der Waals surface area contributed by atoms with Crippen molar-refractivity contribution in [3.8, 4) is 5.75 Å². The van der Waals surface area contributed by atoms with Crippen LogP contribution in [0.25, 0.3) is 6.08 Å². The maximum absolute atomic E-state index is 11.1. The largest absolute Gasteiger partial charge is 0.496 e. The van der Waals surface area contributed by atoms with Crippen molar-refractivity contribution in [2.75, 3.05) is 13.7 Å². The molecule has 0 aliphatic heterocycles. The van der Waals surface area contributed by atoms with Crippen LogP contribution < -0.4 is 4.74 Å². The minimum Gasteiger partial charge on any atom is -0.496 e. The summed E-state index contributed by atoms with van der Waals surface area (Å²) in [5.41, 5.74) is 0.512. The van der Waals surface area contributed by atoms with Crippen LogP contribution in [0.4, 0.5) is 5.69 Å². The molecule has 6 heteroatoms. The van der Waals surface area contributed by atoms with Gasteiger partial charge in [-0.3, -0.25) is 14.9 Å². The monoisotopic (exact) mass is 265 g/mol. The predicted molar refractivity (Wildman–Crippen MR) is 69.9 cm³/mol. The Morgan fingerprint density at radius 1 is 1.47 bits per heavy atom. The molecule has 0 amide bonds. The lowest BCUT2D eigenvalue weighted by atomic mass is 10.1. The van der Waals surface area contributed by atoms with Gasteiger partial charge in [-0.25, -0.2) is 0 Å². The Morgan fingerprint density at radius 3 is 2.79 bits per heavy atom. The maximum Gasteiger partial charge on any atom is 0.309 e. The third-order valence-electron chi connectivity index (χ3n) is 2.31. The van der Waals surface area contributed by atoms with Gasteiger partial charge in [-0.15, -0.1) is 0 Å². The second-order valence-electron chi connectivity index (χ2n) is 3.59. The van der Waals surface area contributed by atoms with Crippen molar-refractivity contribution >= 4 is 17.7 Å². The highest BCUT2D eigenvalue weighted by Gasteiger charge is 2.09. The zero-order chi connectivity index (χ0) is 14.3. The molecule has 0 unspecified atom stereocenters. The molecule has 0 atom stereocenters. The van der Waals surface area contributed by atoms with Gasteiger partial charge in [-0.05, 0) is 13.0 Å². The molecule has 0 aliphatic carbocycles. The summed E-state index contributed by atoms with van der Waals surface area (Å²) in [5.74, 6) is 0.161. The molecular weight excluding hydrogens is 250 g/mol. The van der Waals surface area contributed by atoms with Gasteiger partial charge in [0.1, 0.15) is 5.75 Å². The molecule has 1 aromatic rings. The number of nitro benzene ring substituents is 1. The molecule has 1 rings (SSSR count). The molecule has 0 fully saturated rings. The van der Waals surface area contributed by atoms with E-state index in [1.54, 1.807) is 19.1 Å². The van der Waals surface area contributed by atoms with E-state index < -0.39 is 4.92 Å². The van der Waals surface area contributed by atoms with Crippen molar-refractivity contribution in [2.24, 2.45) is 0 Å². The number of rotatable bonds is 6. The van der Waals surface area contributed by atoms with Gasteiger partial charge < -0.3 is 9.47 Å². The lowest BCUT2D eigenvalue weighted by molar-refractivity contribution is -0.384. The minimum absolute atomic E-state index is 0.0309. The van der Waals surface area contributed by atoms with E-state index >= 15 is 0 Å². The maximum atomic E-state index is 11.1. The van der Waals surface area contributed by atoms with Gasteiger partial charge in [0.15, 0.2) is 0 Å². The Hall–Kier alpha value is -2.37. The molecule has 0 heterocycles. The van der Waals surface area contributed by atoms with Gasteiger partial charge in [0.25, 0.3) is 5.69 Å². The summed E-state index contributed by atoms with van der Waals surface area (Å²) in [6.07, 6.45) is 3.29. The van der Waals surface area contributed by atoms with Crippen LogP contribution in [0.2, 0.25) is 0 Å². The minimum atomic E-state index is -0.484. The number of nitrogens with zero attached hydrogens (tertiary/aromatic N) is 1. The molecule has 0 radical (unpaired) electrons. The van der Waals surface area contributed by atoms with Gasteiger partial charge in [-0.1, -0.05) is 12.2 Å². The number of hydrogen-bond donors (Lipinski definition) is 0. The molecule has 0 saturated carbocycles. The van der Waals surface area contributed by atoms with Gasteiger partial charge in [0.05, 0.1) is 25.1 Å². The lowest BCUT2D eigenvalue weighted by Gasteiger charge is -2.04. The quantitative estimate of drug-likeness (QED) is 0.448.